The zero-order valence-electron chi connectivity index (χ0n) is 17.6. The molecule has 164 valence electrons. The molecule has 2 aromatic rings. The topological polar surface area (TPSA) is 110 Å². The Hall–Kier alpha value is -3.30. The predicted molar refractivity (Wildman–Crippen MR) is 116 cm³/mol. The number of nitrogens with one attached hydrogen (secondary N) is 4. The molecule has 1 fully saturated rings. The van der Waals surface area contributed by atoms with E-state index in [4.69, 9.17) is 0 Å². The fourth-order valence-corrected chi connectivity index (χ4v) is 3.67. The van der Waals surface area contributed by atoms with Crippen LogP contribution in [0.25, 0.3) is 0 Å². The highest BCUT2D eigenvalue weighted by Gasteiger charge is 2.23. The summed E-state index contributed by atoms with van der Waals surface area (Å²) in [6, 6.07) is 14.0. The van der Waals surface area contributed by atoms with Crippen LogP contribution in [0.3, 0.4) is 0 Å². The molecule has 4 N–H and O–H groups in total. The molecule has 9 heteroatoms. The summed E-state index contributed by atoms with van der Waals surface area (Å²) in [7, 11) is 0. The van der Waals surface area contributed by atoms with E-state index in [1.807, 2.05) is 31.2 Å². The van der Waals surface area contributed by atoms with E-state index in [-0.39, 0.29) is 10.6 Å². The van der Waals surface area contributed by atoms with E-state index in [0.717, 1.165) is 50.4 Å². The molecule has 31 heavy (non-hydrogen) atoms. The van der Waals surface area contributed by atoms with Gasteiger partial charge in [0.2, 0.25) is 0 Å². The van der Waals surface area contributed by atoms with Gasteiger partial charge in [0, 0.05) is 23.4 Å². The highest BCUT2D eigenvalue weighted by atomic mass is 16.6. The number of nitro benzene ring substituents is 1. The second-order valence-electron chi connectivity index (χ2n) is 7.93. The zero-order chi connectivity index (χ0) is 22.2. The van der Waals surface area contributed by atoms with Crippen LogP contribution in [0.15, 0.2) is 48.5 Å². The van der Waals surface area contributed by atoms with Crippen LogP contribution < -0.4 is 20.4 Å². The first-order valence-electron chi connectivity index (χ1n) is 10.5. The lowest BCUT2D eigenvalue weighted by Gasteiger charge is -2.29. The van der Waals surface area contributed by atoms with E-state index in [0.29, 0.717) is 12.2 Å². The molecule has 0 radical (unpaired) electrons. The van der Waals surface area contributed by atoms with E-state index in [1.54, 1.807) is 24.3 Å². The van der Waals surface area contributed by atoms with Gasteiger partial charge in [-0.05, 0) is 31.2 Å². The number of hydrogen-bond acceptors (Lipinski definition) is 4. The SMILES string of the molecule is Cc1ccc(NC(=O)C(=O)NCC[NH+]2CC[NH+](Cc3ccc([N+](=O)[O-])cc3)CC2)cc1. The van der Waals surface area contributed by atoms with Crippen LogP contribution in [0.5, 0.6) is 0 Å². The summed E-state index contributed by atoms with van der Waals surface area (Å²) in [5.41, 5.74) is 2.89. The zero-order valence-corrected chi connectivity index (χ0v) is 17.6. The van der Waals surface area contributed by atoms with Crippen LogP contribution in [-0.4, -0.2) is 56.0 Å². The van der Waals surface area contributed by atoms with E-state index >= 15 is 0 Å². The van der Waals surface area contributed by atoms with Crippen LogP contribution >= 0.6 is 0 Å². The molecule has 0 spiro atoms. The molecule has 0 atom stereocenters. The third kappa shape index (κ3) is 6.87. The van der Waals surface area contributed by atoms with Crippen molar-refractivity contribution in [2.24, 2.45) is 0 Å². The Labute approximate surface area is 181 Å². The number of non-ortho nitro benzene ring substituents is 1. The average Bonchev–Trinajstić information content (AvgIpc) is 2.77. The van der Waals surface area contributed by atoms with Gasteiger partial charge in [0.05, 0.1) is 18.0 Å². The van der Waals surface area contributed by atoms with Crippen LogP contribution in [0.1, 0.15) is 11.1 Å². The first kappa shape index (κ1) is 22.4. The Morgan fingerprint density at radius 2 is 1.55 bits per heavy atom. The molecule has 0 aliphatic carbocycles. The smallest absolute Gasteiger partial charge is 0.313 e. The summed E-state index contributed by atoms with van der Waals surface area (Å²) in [6.07, 6.45) is 0. The Bertz CT molecular complexity index is 907. The van der Waals surface area contributed by atoms with E-state index in [2.05, 4.69) is 10.6 Å². The minimum atomic E-state index is -0.656. The van der Waals surface area contributed by atoms with Crippen LogP contribution in [0, 0.1) is 17.0 Å². The molecule has 9 nitrogen and oxygen atoms in total. The summed E-state index contributed by atoms with van der Waals surface area (Å²) in [6.45, 7) is 7.98. The van der Waals surface area contributed by atoms with E-state index in [9.17, 15) is 19.7 Å². The highest BCUT2D eigenvalue weighted by molar-refractivity contribution is 6.39. The van der Waals surface area contributed by atoms with Gasteiger partial charge < -0.3 is 20.4 Å². The van der Waals surface area contributed by atoms with Gasteiger partial charge in [-0.2, -0.15) is 0 Å². The van der Waals surface area contributed by atoms with Crippen molar-refractivity contribution in [3.05, 3.63) is 69.8 Å². The molecular formula is C22H29N5O4+2. The molecule has 0 aromatic heterocycles. The lowest BCUT2D eigenvalue weighted by atomic mass is 10.2. The van der Waals surface area contributed by atoms with Crippen molar-refractivity contribution in [3.8, 4) is 0 Å². The number of carbonyl (C=O) groups is 2. The highest BCUT2D eigenvalue weighted by Crippen LogP contribution is 2.11. The number of benzene rings is 2. The molecule has 0 bridgehead atoms. The quantitative estimate of drug-likeness (QED) is 0.257. The predicted octanol–water partition coefficient (Wildman–Crippen LogP) is -1.06. The van der Waals surface area contributed by atoms with Crippen molar-refractivity contribution in [1.82, 2.24) is 5.32 Å². The normalized spacial score (nSPS) is 18.2. The molecule has 0 unspecified atom stereocenters. The first-order chi connectivity index (χ1) is 14.9. The standard InChI is InChI=1S/C22H27N5O4/c1-17-2-6-19(7-3-17)24-22(29)21(28)23-10-11-25-12-14-26(15-13-25)16-18-4-8-20(9-5-18)27(30)31/h2-9H,10-16H2,1H3,(H,23,28)(H,24,29)/p+2. The van der Waals surface area contributed by atoms with E-state index in [1.165, 1.54) is 9.80 Å². The van der Waals surface area contributed by atoms with Gasteiger partial charge in [0.15, 0.2) is 0 Å². The number of hydrogen-bond donors (Lipinski definition) is 4. The van der Waals surface area contributed by atoms with Crippen molar-refractivity contribution in [2.75, 3.05) is 44.6 Å². The van der Waals surface area contributed by atoms with Crippen molar-refractivity contribution in [3.63, 3.8) is 0 Å². The molecule has 0 saturated carbocycles. The van der Waals surface area contributed by atoms with Crippen LogP contribution in [-0.2, 0) is 16.1 Å². The molecule has 1 heterocycles. The van der Waals surface area contributed by atoms with Crippen molar-refractivity contribution < 1.29 is 24.3 Å². The third-order valence-corrected chi connectivity index (χ3v) is 5.55. The average molecular weight is 428 g/mol. The summed E-state index contributed by atoms with van der Waals surface area (Å²) in [4.78, 5) is 37.2. The van der Waals surface area contributed by atoms with Gasteiger partial charge in [-0.15, -0.1) is 0 Å². The largest absolute Gasteiger partial charge is 0.342 e. The monoisotopic (exact) mass is 427 g/mol. The second-order valence-corrected chi connectivity index (χ2v) is 7.93. The minimum absolute atomic E-state index is 0.114. The molecule has 2 aromatic carbocycles. The molecule has 1 saturated heterocycles. The third-order valence-electron chi connectivity index (χ3n) is 5.55. The Kier molecular flexibility index (Phi) is 7.69. The first-order valence-corrected chi connectivity index (χ1v) is 10.5. The number of piperazine rings is 1. The van der Waals surface area contributed by atoms with E-state index < -0.39 is 11.8 Å². The lowest BCUT2D eigenvalue weighted by Crippen LogP contribution is -3.27. The number of quaternary nitrogens is 2. The molecule has 2 amide bonds. The van der Waals surface area contributed by atoms with Gasteiger partial charge in [-0.25, -0.2) is 0 Å². The Morgan fingerprint density at radius 1 is 0.935 bits per heavy atom. The van der Waals surface area contributed by atoms with Crippen molar-refractivity contribution >= 4 is 23.2 Å². The fraction of sp³-hybridized carbons (Fsp3) is 0.364. The van der Waals surface area contributed by atoms with Crippen LogP contribution in [0.2, 0.25) is 0 Å². The minimum Gasteiger partial charge on any atom is -0.342 e. The molecule has 1 aliphatic heterocycles. The number of nitrogens with zero attached hydrogens (tertiary/aromatic N) is 1. The number of anilines is 1. The number of nitro groups is 1. The summed E-state index contributed by atoms with van der Waals surface area (Å²) in [5, 5.41) is 16.0. The van der Waals surface area contributed by atoms with Gasteiger partial charge in [0.25, 0.3) is 5.69 Å². The Morgan fingerprint density at radius 3 is 2.16 bits per heavy atom. The molecular weight excluding hydrogens is 398 g/mol. The van der Waals surface area contributed by atoms with Crippen molar-refractivity contribution in [1.29, 1.82) is 0 Å². The lowest BCUT2D eigenvalue weighted by molar-refractivity contribution is -1.02. The van der Waals surface area contributed by atoms with Gasteiger partial charge in [0.1, 0.15) is 32.7 Å². The number of amides is 2. The summed E-state index contributed by atoms with van der Waals surface area (Å²) >= 11 is 0. The van der Waals surface area contributed by atoms with Crippen LogP contribution in [0.4, 0.5) is 11.4 Å². The van der Waals surface area contributed by atoms with Gasteiger partial charge in [-0.1, -0.05) is 17.7 Å². The maximum atomic E-state index is 12.0. The Balaban J connectivity index is 1.33. The van der Waals surface area contributed by atoms with Gasteiger partial charge in [-0.3, -0.25) is 19.7 Å². The summed E-state index contributed by atoms with van der Waals surface area (Å²) < 4.78 is 0. The number of rotatable bonds is 7. The number of aryl methyl sites for hydroxylation is 1. The molecule has 3 rings (SSSR count). The number of carbonyl (C=O) groups excluding carboxylic acids is 2. The summed E-state index contributed by atoms with van der Waals surface area (Å²) in [5.74, 6) is -1.28. The van der Waals surface area contributed by atoms with Crippen molar-refractivity contribution in [2.45, 2.75) is 13.5 Å². The molecule has 1 aliphatic rings. The second kappa shape index (κ2) is 10.6. The maximum absolute atomic E-state index is 12.0. The van der Waals surface area contributed by atoms with Gasteiger partial charge >= 0.3 is 11.8 Å². The fourth-order valence-electron chi connectivity index (χ4n) is 3.67. The maximum Gasteiger partial charge on any atom is 0.313 e.